The number of hydrogen-bond acceptors (Lipinski definition) is 1. The van der Waals surface area contributed by atoms with E-state index in [1.807, 2.05) is 6.92 Å². The third kappa shape index (κ3) is 3.26. The molecule has 1 aromatic rings. The number of rotatable bonds is 3. The van der Waals surface area contributed by atoms with Crippen LogP contribution in [0.1, 0.15) is 18.5 Å². The molecule has 1 aromatic carbocycles. The monoisotopic (exact) mass is 243 g/mol. The van der Waals surface area contributed by atoms with Crippen LogP contribution in [-0.4, -0.2) is 5.91 Å². The molecule has 1 N–H and O–H groups in total. The Labute approximate surface area is 98.9 Å². The molecule has 0 aliphatic heterocycles. The van der Waals surface area contributed by atoms with Crippen LogP contribution in [0.15, 0.2) is 30.9 Å². The van der Waals surface area contributed by atoms with Crippen molar-refractivity contribution in [2.75, 3.05) is 0 Å². The third-order valence-electron chi connectivity index (χ3n) is 1.97. The summed E-state index contributed by atoms with van der Waals surface area (Å²) in [5.74, 6) is -0.237. The predicted octanol–water partition coefficient (Wildman–Crippen LogP) is 3.36. The van der Waals surface area contributed by atoms with E-state index in [4.69, 9.17) is 23.2 Å². The Morgan fingerprint density at radius 1 is 1.53 bits per heavy atom. The number of hydrogen-bond donors (Lipinski definition) is 1. The van der Waals surface area contributed by atoms with Crippen molar-refractivity contribution in [1.82, 2.24) is 5.32 Å². The molecule has 0 saturated carbocycles. The lowest BCUT2D eigenvalue weighted by atomic mass is 10.1. The first-order valence-electron chi connectivity index (χ1n) is 4.42. The molecule has 0 fully saturated rings. The van der Waals surface area contributed by atoms with Crippen LogP contribution in [0.25, 0.3) is 0 Å². The first kappa shape index (κ1) is 12.1. The second-order valence-corrected chi connectivity index (χ2v) is 3.94. The van der Waals surface area contributed by atoms with E-state index in [-0.39, 0.29) is 11.9 Å². The van der Waals surface area contributed by atoms with E-state index in [0.29, 0.717) is 10.0 Å². The number of carbonyl (C=O) groups is 1. The summed E-state index contributed by atoms with van der Waals surface area (Å²) in [6.45, 7) is 5.21. The van der Waals surface area contributed by atoms with Crippen LogP contribution in [0.5, 0.6) is 0 Å². The van der Waals surface area contributed by atoms with Gasteiger partial charge in [0.15, 0.2) is 0 Å². The molecule has 0 aromatic heterocycles. The van der Waals surface area contributed by atoms with Crippen LogP contribution in [0.2, 0.25) is 10.0 Å². The number of amides is 1. The zero-order valence-corrected chi connectivity index (χ0v) is 9.77. The van der Waals surface area contributed by atoms with Crippen LogP contribution < -0.4 is 5.32 Å². The normalized spacial score (nSPS) is 11.9. The molecule has 0 radical (unpaired) electrons. The number of halogens is 2. The van der Waals surface area contributed by atoms with Gasteiger partial charge in [-0.1, -0.05) is 29.8 Å². The Bertz CT molecular complexity index is 390. The van der Waals surface area contributed by atoms with E-state index in [1.54, 1.807) is 18.2 Å². The fourth-order valence-electron chi connectivity index (χ4n) is 1.20. The number of carbonyl (C=O) groups excluding carboxylic acids is 1. The summed E-state index contributed by atoms with van der Waals surface area (Å²) in [7, 11) is 0. The van der Waals surface area contributed by atoms with Gasteiger partial charge in [0.25, 0.3) is 0 Å². The van der Waals surface area contributed by atoms with Crippen LogP contribution in [0.4, 0.5) is 0 Å². The zero-order chi connectivity index (χ0) is 11.4. The largest absolute Gasteiger partial charge is 0.346 e. The molecule has 1 rings (SSSR count). The highest BCUT2D eigenvalue weighted by atomic mass is 35.5. The van der Waals surface area contributed by atoms with Crippen molar-refractivity contribution in [2.24, 2.45) is 0 Å². The van der Waals surface area contributed by atoms with Gasteiger partial charge in [-0.15, -0.1) is 0 Å². The molecule has 0 heterocycles. The molecule has 4 heteroatoms. The molecule has 2 nitrogen and oxygen atoms in total. The van der Waals surface area contributed by atoms with Crippen molar-refractivity contribution in [3.8, 4) is 0 Å². The third-order valence-corrected chi connectivity index (χ3v) is 2.55. The lowest BCUT2D eigenvalue weighted by molar-refractivity contribution is -0.117. The van der Waals surface area contributed by atoms with Crippen LogP contribution >= 0.6 is 23.2 Å². The minimum Gasteiger partial charge on any atom is -0.346 e. The maximum atomic E-state index is 11.1. The summed E-state index contributed by atoms with van der Waals surface area (Å²) in [6.07, 6.45) is 1.22. The van der Waals surface area contributed by atoms with Gasteiger partial charge in [0.2, 0.25) is 5.91 Å². The molecular weight excluding hydrogens is 233 g/mol. The van der Waals surface area contributed by atoms with Gasteiger partial charge in [-0.25, -0.2) is 0 Å². The van der Waals surface area contributed by atoms with E-state index in [1.165, 1.54) is 6.08 Å². The molecule has 0 aliphatic rings. The lowest BCUT2D eigenvalue weighted by Crippen LogP contribution is -2.24. The van der Waals surface area contributed by atoms with Gasteiger partial charge in [0.05, 0.1) is 6.04 Å². The van der Waals surface area contributed by atoms with Gasteiger partial charge in [0.1, 0.15) is 0 Å². The highest BCUT2D eigenvalue weighted by Gasteiger charge is 2.11. The second kappa shape index (κ2) is 5.19. The second-order valence-electron chi connectivity index (χ2n) is 3.10. The van der Waals surface area contributed by atoms with Gasteiger partial charge in [-0.05, 0) is 36.8 Å². The Hall–Kier alpha value is -0.990. The molecule has 0 saturated heterocycles. The van der Waals surface area contributed by atoms with Crippen molar-refractivity contribution in [1.29, 1.82) is 0 Å². The molecule has 1 atom stereocenters. The van der Waals surface area contributed by atoms with Crippen molar-refractivity contribution >= 4 is 29.1 Å². The van der Waals surface area contributed by atoms with E-state index in [0.717, 1.165) is 5.56 Å². The molecule has 0 bridgehead atoms. The van der Waals surface area contributed by atoms with Gasteiger partial charge in [-0.2, -0.15) is 0 Å². The van der Waals surface area contributed by atoms with E-state index >= 15 is 0 Å². The molecule has 0 aliphatic carbocycles. The zero-order valence-electron chi connectivity index (χ0n) is 8.26. The minimum absolute atomic E-state index is 0.193. The van der Waals surface area contributed by atoms with Crippen molar-refractivity contribution in [2.45, 2.75) is 13.0 Å². The van der Waals surface area contributed by atoms with Crippen molar-refractivity contribution < 1.29 is 4.79 Å². The van der Waals surface area contributed by atoms with Gasteiger partial charge in [0, 0.05) is 10.0 Å². The first-order valence-corrected chi connectivity index (χ1v) is 5.18. The van der Waals surface area contributed by atoms with Crippen molar-refractivity contribution in [3.63, 3.8) is 0 Å². The van der Waals surface area contributed by atoms with Gasteiger partial charge < -0.3 is 5.32 Å². The first-order chi connectivity index (χ1) is 7.04. The lowest BCUT2D eigenvalue weighted by Gasteiger charge is -2.14. The standard InChI is InChI=1S/C11H11Cl2NO/c1-3-11(15)14-7(2)9-6-8(12)4-5-10(9)13/h3-7H,1H2,2H3,(H,14,15)/t7-/m0/s1. The van der Waals surface area contributed by atoms with Crippen LogP contribution in [0.3, 0.4) is 0 Å². The SMILES string of the molecule is C=CC(=O)N[C@@H](C)c1cc(Cl)ccc1Cl. The molecule has 0 unspecified atom stereocenters. The molecule has 1 amide bonds. The number of nitrogens with one attached hydrogen (secondary N) is 1. The van der Waals surface area contributed by atoms with E-state index < -0.39 is 0 Å². The molecule has 0 spiro atoms. The maximum absolute atomic E-state index is 11.1. The van der Waals surface area contributed by atoms with Gasteiger partial charge >= 0.3 is 0 Å². The maximum Gasteiger partial charge on any atom is 0.243 e. The molecule has 15 heavy (non-hydrogen) atoms. The van der Waals surface area contributed by atoms with Crippen LogP contribution in [-0.2, 0) is 4.79 Å². The molecule has 80 valence electrons. The summed E-state index contributed by atoms with van der Waals surface area (Å²) >= 11 is 11.8. The van der Waals surface area contributed by atoms with E-state index in [2.05, 4.69) is 11.9 Å². The van der Waals surface area contributed by atoms with E-state index in [9.17, 15) is 4.79 Å². The van der Waals surface area contributed by atoms with Crippen LogP contribution in [0, 0.1) is 0 Å². The average Bonchev–Trinajstić information content (AvgIpc) is 2.21. The van der Waals surface area contributed by atoms with Crippen molar-refractivity contribution in [3.05, 3.63) is 46.5 Å². The number of benzene rings is 1. The minimum atomic E-state index is -0.237. The fraction of sp³-hybridized carbons (Fsp3) is 0.182. The predicted molar refractivity (Wildman–Crippen MR) is 63.2 cm³/mol. The average molecular weight is 244 g/mol. The summed E-state index contributed by atoms with van der Waals surface area (Å²) in [6, 6.07) is 4.95. The Balaban J connectivity index is 2.90. The summed E-state index contributed by atoms with van der Waals surface area (Å²) in [5, 5.41) is 3.89. The quantitative estimate of drug-likeness (QED) is 0.811. The highest BCUT2D eigenvalue weighted by molar-refractivity contribution is 6.33. The topological polar surface area (TPSA) is 29.1 Å². The fourth-order valence-corrected chi connectivity index (χ4v) is 1.66. The Morgan fingerprint density at radius 2 is 2.20 bits per heavy atom. The summed E-state index contributed by atoms with van der Waals surface area (Å²) < 4.78 is 0. The molecular formula is C11H11Cl2NO. The summed E-state index contributed by atoms with van der Waals surface area (Å²) in [4.78, 5) is 11.1. The smallest absolute Gasteiger partial charge is 0.243 e. The summed E-state index contributed by atoms with van der Waals surface area (Å²) in [5.41, 5.74) is 0.791. The van der Waals surface area contributed by atoms with Gasteiger partial charge in [-0.3, -0.25) is 4.79 Å². The highest BCUT2D eigenvalue weighted by Crippen LogP contribution is 2.25. The Kier molecular flexibility index (Phi) is 4.18. The Morgan fingerprint density at radius 3 is 2.80 bits per heavy atom.